The molecule has 3 rings (SSSR count). The zero-order valence-electron chi connectivity index (χ0n) is 12.3. The van der Waals surface area contributed by atoms with E-state index in [1.165, 1.54) is 11.8 Å². The number of hydrogen-bond acceptors (Lipinski definition) is 4. The summed E-state index contributed by atoms with van der Waals surface area (Å²) in [5.41, 5.74) is 0.959. The first-order valence-electron chi connectivity index (χ1n) is 7.28. The maximum Gasteiger partial charge on any atom is 0.235 e. The van der Waals surface area contributed by atoms with Crippen LogP contribution in [0.2, 0.25) is 0 Å². The second kappa shape index (κ2) is 6.83. The summed E-state index contributed by atoms with van der Waals surface area (Å²) < 4.78 is 0.962. The molecule has 1 aliphatic rings. The zero-order valence-corrected chi connectivity index (χ0v) is 14.7. The number of likely N-dealkylation sites (tertiary alicyclic amines) is 1. The second-order valence-corrected chi connectivity index (χ2v) is 7.40. The Labute approximate surface area is 142 Å². The first-order valence-corrected chi connectivity index (χ1v) is 8.95. The van der Waals surface area contributed by atoms with Crippen molar-refractivity contribution in [3.05, 3.63) is 28.7 Å². The summed E-state index contributed by atoms with van der Waals surface area (Å²) in [5.74, 6) is 0.880. The molecule has 1 aromatic heterocycles. The third-order valence-corrected chi connectivity index (χ3v) is 5.28. The maximum absolute atomic E-state index is 12.3. The van der Waals surface area contributed by atoms with Crippen molar-refractivity contribution in [2.24, 2.45) is 0 Å². The highest BCUT2D eigenvalue weighted by Crippen LogP contribution is 2.28. The minimum Gasteiger partial charge on any atom is -0.342 e. The van der Waals surface area contributed by atoms with E-state index in [2.05, 4.69) is 31.1 Å². The first kappa shape index (κ1) is 15.6. The number of aromatic nitrogens is 3. The van der Waals surface area contributed by atoms with Gasteiger partial charge in [0.1, 0.15) is 0 Å². The van der Waals surface area contributed by atoms with Gasteiger partial charge in [-0.25, -0.2) is 4.98 Å². The second-order valence-electron chi connectivity index (χ2n) is 5.24. The number of carbonyl (C=O) groups is 1. The van der Waals surface area contributed by atoms with Gasteiger partial charge < -0.3 is 4.90 Å². The van der Waals surface area contributed by atoms with Crippen LogP contribution in [-0.4, -0.2) is 44.3 Å². The molecule has 0 radical (unpaired) electrons. The molecule has 0 aliphatic carbocycles. The van der Waals surface area contributed by atoms with Gasteiger partial charge in [0.25, 0.3) is 0 Å². The number of hydrogen-bond donors (Lipinski definition) is 1. The lowest BCUT2D eigenvalue weighted by molar-refractivity contribution is -0.129. The van der Waals surface area contributed by atoms with E-state index in [1.807, 2.05) is 36.1 Å². The average molecular weight is 381 g/mol. The highest BCUT2D eigenvalue weighted by atomic mass is 79.9. The summed E-state index contributed by atoms with van der Waals surface area (Å²) in [6.07, 6.45) is 2.21. The van der Waals surface area contributed by atoms with Crippen molar-refractivity contribution in [2.75, 3.05) is 13.1 Å². The number of amides is 1. The van der Waals surface area contributed by atoms with Crippen LogP contribution in [0.5, 0.6) is 0 Å². The molecule has 7 heteroatoms. The Morgan fingerprint density at radius 1 is 1.36 bits per heavy atom. The number of carbonyl (C=O) groups excluding carboxylic acids is 1. The number of benzene rings is 1. The van der Waals surface area contributed by atoms with Crippen molar-refractivity contribution >= 4 is 33.6 Å². The smallest absolute Gasteiger partial charge is 0.235 e. The van der Waals surface area contributed by atoms with Crippen LogP contribution < -0.4 is 0 Å². The molecule has 1 fully saturated rings. The Morgan fingerprint density at radius 2 is 2.09 bits per heavy atom. The van der Waals surface area contributed by atoms with E-state index in [0.29, 0.717) is 11.0 Å². The van der Waals surface area contributed by atoms with Crippen molar-refractivity contribution in [1.82, 2.24) is 20.1 Å². The van der Waals surface area contributed by atoms with Crippen molar-refractivity contribution in [3.63, 3.8) is 0 Å². The summed E-state index contributed by atoms with van der Waals surface area (Å²) in [6.45, 7) is 3.67. The minimum absolute atomic E-state index is 0.166. The molecule has 1 saturated heterocycles. The molecule has 1 aromatic carbocycles. The topological polar surface area (TPSA) is 61.9 Å². The normalized spacial score (nSPS) is 16.0. The number of rotatable bonds is 4. The Hall–Kier alpha value is -1.34. The minimum atomic E-state index is -0.166. The third kappa shape index (κ3) is 3.35. The van der Waals surface area contributed by atoms with Gasteiger partial charge in [0.2, 0.25) is 11.1 Å². The average Bonchev–Trinajstić information content (AvgIpc) is 3.18. The number of nitrogens with zero attached hydrogens (tertiary/aromatic N) is 3. The molecule has 2 aromatic rings. The summed E-state index contributed by atoms with van der Waals surface area (Å²) in [7, 11) is 0. The Bertz CT molecular complexity index is 669. The SMILES string of the molecule is C[C@@H](Sc1n[nH]c(-c2ccccc2Br)n1)C(=O)N1CCCC1. The lowest BCUT2D eigenvalue weighted by atomic mass is 10.2. The molecular formula is C15H17BrN4OS. The van der Waals surface area contributed by atoms with Gasteiger partial charge in [0, 0.05) is 23.1 Å². The van der Waals surface area contributed by atoms with Crippen LogP contribution in [-0.2, 0) is 4.79 Å². The summed E-state index contributed by atoms with van der Waals surface area (Å²) in [5, 5.41) is 7.59. The van der Waals surface area contributed by atoms with Crippen molar-refractivity contribution in [2.45, 2.75) is 30.2 Å². The molecule has 0 spiro atoms. The van der Waals surface area contributed by atoms with E-state index in [4.69, 9.17) is 0 Å². The molecule has 2 heterocycles. The molecule has 116 valence electrons. The molecule has 1 amide bonds. The lowest BCUT2D eigenvalue weighted by Crippen LogP contribution is -2.34. The van der Waals surface area contributed by atoms with Crippen LogP contribution in [0.25, 0.3) is 11.4 Å². The van der Waals surface area contributed by atoms with Gasteiger partial charge in [-0.2, -0.15) is 0 Å². The number of nitrogens with one attached hydrogen (secondary N) is 1. The van der Waals surface area contributed by atoms with Gasteiger partial charge in [0.05, 0.1) is 5.25 Å². The summed E-state index contributed by atoms with van der Waals surface area (Å²) >= 11 is 4.91. The summed E-state index contributed by atoms with van der Waals surface area (Å²) in [6, 6.07) is 7.84. The predicted molar refractivity (Wildman–Crippen MR) is 90.7 cm³/mol. The fourth-order valence-electron chi connectivity index (χ4n) is 2.48. The van der Waals surface area contributed by atoms with E-state index in [-0.39, 0.29) is 11.2 Å². The van der Waals surface area contributed by atoms with Crippen molar-refractivity contribution in [3.8, 4) is 11.4 Å². The fraction of sp³-hybridized carbons (Fsp3) is 0.400. The number of aromatic amines is 1. The largest absolute Gasteiger partial charge is 0.342 e. The lowest BCUT2D eigenvalue weighted by Gasteiger charge is -2.18. The molecule has 1 aliphatic heterocycles. The maximum atomic E-state index is 12.3. The highest BCUT2D eigenvalue weighted by molar-refractivity contribution is 9.10. The number of thioether (sulfide) groups is 1. The Morgan fingerprint density at radius 3 is 2.82 bits per heavy atom. The van der Waals surface area contributed by atoms with Crippen LogP contribution in [0.1, 0.15) is 19.8 Å². The zero-order chi connectivity index (χ0) is 15.5. The van der Waals surface area contributed by atoms with Gasteiger partial charge in [0.15, 0.2) is 5.82 Å². The van der Waals surface area contributed by atoms with Crippen molar-refractivity contribution < 1.29 is 4.79 Å². The Kier molecular flexibility index (Phi) is 4.83. The highest BCUT2D eigenvalue weighted by Gasteiger charge is 2.25. The van der Waals surface area contributed by atoms with Crippen LogP contribution in [0, 0.1) is 0 Å². The molecule has 0 saturated carbocycles. The molecule has 22 heavy (non-hydrogen) atoms. The quantitative estimate of drug-likeness (QED) is 0.826. The van der Waals surface area contributed by atoms with Crippen LogP contribution in [0.3, 0.4) is 0 Å². The molecule has 0 unspecified atom stereocenters. The molecule has 1 atom stereocenters. The van der Waals surface area contributed by atoms with Gasteiger partial charge in [-0.3, -0.25) is 9.89 Å². The Balaban J connectivity index is 1.69. The van der Waals surface area contributed by atoms with E-state index in [9.17, 15) is 4.79 Å². The van der Waals surface area contributed by atoms with Crippen LogP contribution in [0.15, 0.2) is 33.9 Å². The fourth-order valence-corrected chi connectivity index (χ4v) is 3.76. The molecular weight excluding hydrogens is 364 g/mol. The molecule has 1 N–H and O–H groups in total. The number of H-pyrrole nitrogens is 1. The van der Waals surface area contributed by atoms with E-state index >= 15 is 0 Å². The van der Waals surface area contributed by atoms with E-state index in [0.717, 1.165) is 36.0 Å². The first-order chi connectivity index (χ1) is 10.6. The van der Waals surface area contributed by atoms with E-state index < -0.39 is 0 Å². The molecule has 5 nitrogen and oxygen atoms in total. The van der Waals surface area contributed by atoms with Gasteiger partial charge in [-0.05, 0) is 25.8 Å². The number of halogens is 1. The van der Waals surface area contributed by atoms with Gasteiger partial charge in [-0.1, -0.05) is 45.9 Å². The predicted octanol–water partition coefficient (Wildman–Crippen LogP) is 3.34. The molecule has 0 bridgehead atoms. The monoisotopic (exact) mass is 380 g/mol. The standard InChI is InChI=1S/C15H17BrN4OS/c1-10(14(21)20-8-4-5-9-20)22-15-17-13(18-19-15)11-6-2-3-7-12(11)16/h2-3,6-7,10H,4-5,8-9H2,1H3,(H,17,18,19)/t10-/m1/s1. The van der Waals surface area contributed by atoms with Gasteiger partial charge in [-0.15, -0.1) is 5.10 Å². The van der Waals surface area contributed by atoms with Crippen molar-refractivity contribution in [1.29, 1.82) is 0 Å². The van der Waals surface area contributed by atoms with Crippen LogP contribution in [0.4, 0.5) is 0 Å². The summed E-state index contributed by atoms with van der Waals surface area (Å²) in [4.78, 5) is 18.7. The van der Waals surface area contributed by atoms with Gasteiger partial charge >= 0.3 is 0 Å². The van der Waals surface area contributed by atoms with E-state index in [1.54, 1.807) is 0 Å². The third-order valence-electron chi connectivity index (χ3n) is 3.64. The van der Waals surface area contributed by atoms with Crippen LogP contribution >= 0.6 is 27.7 Å².